The van der Waals surface area contributed by atoms with E-state index in [-0.39, 0.29) is 16.3 Å². The molecule has 2 aromatic carbocycles. The number of aromatic nitrogens is 1. The zero-order chi connectivity index (χ0) is 21.1. The monoisotopic (exact) mass is 453 g/mol. The number of thiazole rings is 1. The highest BCUT2D eigenvalue weighted by Crippen LogP contribution is 2.28. The van der Waals surface area contributed by atoms with Gasteiger partial charge < -0.3 is 9.30 Å². The number of carbonyl (C=O) groups is 1. The van der Waals surface area contributed by atoms with Crippen molar-refractivity contribution in [3.8, 4) is 0 Å². The third kappa shape index (κ3) is 4.51. The van der Waals surface area contributed by atoms with Crippen LogP contribution in [-0.2, 0) is 11.3 Å². The molecule has 0 radical (unpaired) electrons. The van der Waals surface area contributed by atoms with Gasteiger partial charge in [0.25, 0.3) is 11.6 Å². The fourth-order valence-corrected chi connectivity index (χ4v) is 4.33. The van der Waals surface area contributed by atoms with Crippen LogP contribution in [0.15, 0.2) is 35.3 Å². The van der Waals surface area contributed by atoms with Crippen LogP contribution in [-0.4, -0.2) is 28.6 Å². The van der Waals surface area contributed by atoms with Gasteiger partial charge in [-0.25, -0.2) is 0 Å². The number of ether oxygens (including phenoxy) is 1. The fourth-order valence-electron chi connectivity index (χ4n) is 2.89. The molecule has 0 saturated carbocycles. The molecule has 0 aliphatic carbocycles. The van der Waals surface area contributed by atoms with Crippen molar-refractivity contribution in [2.24, 2.45) is 4.99 Å². The smallest absolute Gasteiger partial charge is 0.286 e. The first kappa shape index (κ1) is 21.4. The summed E-state index contributed by atoms with van der Waals surface area (Å²) in [6.45, 7) is 5.22. The maximum Gasteiger partial charge on any atom is 0.286 e. The summed E-state index contributed by atoms with van der Waals surface area (Å²) in [6.07, 6.45) is 0. The zero-order valence-electron chi connectivity index (χ0n) is 15.6. The predicted molar refractivity (Wildman–Crippen MR) is 114 cm³/mol. The number of nitro groups is 1. The van der Waals surface area contributed by atoms with E-state index in [1.54, 1.807) is 6.07 Å². The van der Waals surface area contributed by atoms with E-state index in [4.69, 9.17) is 27.9 Å². The molecule has 0 N–H and O–H groups in total. The highest BCUT2D eigenvalue weighted by molar-refractivity contribution is 7.16. The summed E-state index contributed by atoms with van der Waals surface area (Å²) in [5.74, 6) is -0.736. The number of fused-ring (bicyclic) bond motifs is 1. The van der Waals surface area contributed by atoms with E-state index in [0.717, 1.165) is 15.8 Å². The predicted octanol–water partition coefficient (Wildman–Crippen LogP) is 5.00. The zero-order valence-corrected chi connectivity index (χ0v) is 18.0. The van der Waals surface area contributed by atoms with Crippen LogP contribution in [0.4, 0.5) is 5.69 Å². The lowest BCUT2D eigenvalue weighted by Crippen LogP contribution is -2.20. The molecule has 3 rings (SSSR count). The van der Waals surface area contributed by atoms with Gasteiger partial charge in [-0.05, 0) is 43.7 Å². The van der Waals surface area contributed by atoms with Gasteiger partial charge in [0, 0.05) is 29.3 Å². The van der Waals surface area contributed by atoms with Gasteiger partial charge in [-0.15, -0.1) is 0 Å². The lowest BCUT2D eigenvalue weighted by atomic mass is 10.1. The molecule has 1 aromatic heterocycles. The molecule has 1 amide bonds. The molecule has 1 heterocycles. The van der Waals surface area contributed by atoms with Crippen molar-refractivity contribution in [2.45, 2.75) is 20.4 Å². The number of rotatable bonds is 6. The third-order valence-electron chi connectivity index (χ3n) is 4.28. The minimum absolute atomic E-state index is 0.161. The van der Waals surface area contributed by atoms with Crippen molar-refractivity contribution < 1.29 is 14.5 Å². The molecule has 152 valence electrons. The van der Waals surface area contributed by atoms with Gasteiger partial charge in [0.2, 0.25) is 0 Å². The molecule has 0 fully saturated rings. The van der Waals surface area contributed by atoms with Crippen LogP contribution in [0.1, 0.15) is 22.8 Å². The fraction of sp³-hybridized carbons (Fsp3) is 0.263. The van der Waals surface area contributed by atoms with E-state index in [1.165, 1.54) is 29.5 Å². The number of nitrogens with zero attached hydrogens (tertiary/aromatic N) is 3. The molecule has 0 aliphatic heterocycles. The lowest BCUT2D eigenvalue weighted by Gasteiger charge is -2.08. The SMILES string of the molecule is CCOCCn1c(=NC(=O)c2cc(Cl)ccc2[N+](=O)[O-])sc2ccc(Cl)c(C)c21. The van der Waals surface area contributed by atoms with Gasteiger partial charge in [-0.2, -0.15) is 4.99 Å². The lowest BCUT2D eigenvalue weighted by molar-refractivity contribution is -0.385. The van der Waals surface area contributed by atoms with Crippen molar-refractivity contribution in [3.05, 3.63) is 66.4 Å². The Morgan fingerprint density at radius 1 is 1.31 bits per heavy atom. The first-order valence-corrected chi connectivity index (χ1v) is 10.3. The maximum absolute atomic E-state index is 12.8. The van der Waals surface area contributed by atoms with E-state index in [2.05, 4.69) is 4.99 Å². The summed E-state index contributed by atoms with van der Waals surface area (Å²) >= 11 is 13.5. The Balaban J connectivity index is 2.18. The Hall–Kier alpha value is -2.26. The molecule has 29 heavy (non-hydrogen) atoms. The Morgan fingerprint density at radius 2 is 2.07 bits per heavy atom. The van der Waals surface area contributed by atoms with Crippen LogP contribution in [0.5, 0.6) is 0 Å². The number of halogens is 2. The van der Waals surface area contributed by atoms with Crippen LogP contribution in [0.3, 0.4) is 0 Å². The summed E-state index contributed by atoms with van der Waals surface area (Å²) in [4.78, 5) is 28.1. The van der Waals surface area contributed by atoms with E-state index in [0.29, 0.717) is 29.6 Å². The highest BCUT2D eigenvalue weighted by Gasteiger charge is 2.21. The normalized spacial score (nSPS) is 11.9. The van der Waals surface area contributed by atoms with Crippen molar-refractivity contribution >= 4 is 56.3 Å². The highest BCUT2D eigenvalue weighted by atomic mass is 35.5. The Labute approximate surface area is 180 Å². The van der Waals surface area contributed by atoms with Gasteiger partial charge in [0.05, 0.1) is 21.7 Å². The van der Waals surface area contributed by atoms with Gasteiger partial charge in [-0.3, -0.25) is 14.9 Å². The Kier molecular flexibility index (Phi) is 6.69. The Bertz CT molecular complexity index is 1170. The molecule has 0 unspecified atom stereocenters. The second-order valence-electron chi connectivity index (χ2n) is 6.09. The van der Waals surface area contributed by atoms with E-state index >= 15 is 0 Å². The molecular weight excluding hydrogens is 437 g/mol. The van der Waals surface area contributed by atoms with Crippen molar-refractivity contribution in [1.82, 2.24) is 4.57 Å². The molecular formula is C19H17Cl2N3O4S. The minimum Gasteiger partial charge on any atom is -0.380 e. The summed E-state index contributed by atoms with van der Waals surface area (Å²) in [5.41, 5.74) is 1.21. The average molecular weight is 454 g/mol. The van der Waals surface area contributed by atoms with E-state index < -0.39 is 10.8 Å². The minimum atomic E-state index is -0.736. The van der Waals surface area contributed by atoms with Crippen molar-refractivity contribution in [3.63, 3.8) is 0 Å². The number of hydrogen-bond acceptors (Lipinski definition) is 5. The van der Waals surface area contributed by atoms with Gasteiger partial charge >= 0.3 is 0 Å². The number of benzene rings is 2. The Morgan fingerprint density at radius 3 is 2.76 bits per heavy atom. The third-order valence-corrected chi connectivity index (χ3v) is 5.96. The van der Waals surface area contributed by atoms with Crippen LogP contribution in [0.25, 0.3) is 10.2 Å². The largest absolute Gasteiger partial charge is 0.380 e. The number of nitro benzene ring substituents is 1. The summed E-state index contributed by atoms with van der Waals surface area (Å²) in [7, 11) is 0. The second-order valence-corrected chi connectivity index (χ2v) is 7.94. The van der Waals surface area contributed by atoms with Gasteiger partial charge in [0.15, 0.2) is 4.80 Å². The number of aryl methyl sites for hydroxylation is 1. The number of carbonyl (C=O) groups excluding carboxylic acids is 1. The molecule has 0 atom stereocenters. The molecule has 10 heteroatoms. The first-order chi connectivity index (χ1) is 13.8. The van der Waals surface area contributed by atoms with E-state index in [9.17, 15) is 14.9 Å². The molecule has 0 saturated heterocycles. The number of amides is 1. The second kappa shape index (κ2) is 9.04. The molecule has 0 bridgehead atoms. The topological polar surface area (TPSA) is 86.7 Å². The van der Waals surface area contributed by atoms with E-state index in [1.807, 2.05) is 24.5 Å². The van der Waals surface area contributed by atoms with Crippen LogP contribution in [0, 0.1) is 17.0 Å². The van der Waals surface area contributed by atoms with Crippen molar-refractivity contribution in [1.29, 1.82) is 0 Å². The summed E-state index contributed by atoms with van der Waals surface area (Å²) < 4.78 is 8.21. The average Bonchev–Trinajstić information content (AvgIpc) is 3.02. The van der Waals surface area contributed by atoms with Crippen LogP contribution >= 0.6 is 34.5 Å². The van der Waals surface area contributed by atoms with Crippen LogP contribution in [0.2, 0.25) is 10.0 Å². The van der Waals surface area contributed by atoms with Gasteiger partial charge in [-0.1, -0.05) is 34.5 Å². The molecule has 7 nitrogen and oxygen atoms in total. The molecule has 3 aromatic rings. The quantitative estimate of drug-likeness (QED) is 0.298. The first-order valence-electron chi connectivity index (χ1n) is 8.72. The summed E-state index contributed by atoms with van der Waals surface area (Å²) in [5, 5.41) is 12.1. The van der Waals surface area contributed by atoms with Gasteiger partial charge in [0.1, 0.15) is 5.56 Å². The van der Waals surface area contributed by atoms with Crippen LogP contribution < -0.4 is 4.80 Å². The van der Waals surface area contributed by atoms with Crippen molar-refractivity contribution in [2.75, 3.05) is 13.2 Å². The molecule has 0 aliphatic rings. The maximum atomic E-state index is 12.8. The molecule has 0 spiro atoms. The number of hydrogen-bond donors (Lipinski definition) is 0. The standard InChI is InChI=1S/C19H17Cl2N3O4S/c1-3-28-9-8-23-17-11(2)14(21)5-7-16(17)29-19(23)22-18(25)13-10-12(20)4-6-15(13)24(26)27/h4-7,10H,3,8-9H2,1-2H3. The summed E-state index contributed by atoms with van der Waals surface area (Å²) in [6, 6.07) is 7.46.